The van der Waals surface area contributed by atoms with Crippen LogP contribution in [0, 0.1) is 11.8 Å². The second kappa shape index (κ2) is 8.71. The Hall–Kier alpha value is -1.82. The van der Waals surface area contributed by atoms with Crippen molar-refractivity contribution in [3.05, 3.63) is 35.9 Å². The minimum Gasteiger partial charge on any atom is -0.350 e. The van der Waals surface area contributed by atoms with Gasteiger partial charge in [0.15, 0.2) is 0 Å². The molecule has 3 amide bonds. The number of benzene rings is 1. The van der Waals surface area contributed by atoms with Gasteiger partial charge in [-0.15, -0.1) is 0 Å². The van der Waals surface area contributed by atoms with E-state index in [0.29, 0.717) is 13.0 Å². The van der Waals surface area contributed by atoms with Crippen molar-refractivity contribution in [2.24, 2.45) is 11.8 Å². The molecule has 0 unspecified atom stereocenters. The van der Waals surface area contributed by atoms with E-state index in [1.807, 2.05) is 36.6 Å². The summed E-state index contributed by atoms with van der Waals surface area (Å²) in [7, 11) is 0. The van der Waals surface area contributed by atoms with Gasteiger partial charge < -0.3 is 5.32 Å². The van der Waals surface area contributed by atoms with E-state index in [1.165, 1.54) is 4.90 Å². The Kier molecular flexibility index (Phi) is 6.35. The lowest BCUT2D eigenvalue weighted by Crippen LogP contribution is -2.50. The first-order valence-electron chi connectivity index (χ1n) is 9.31. The molecule has 1 aromatic rings. The summed E-state index contributed by atoms with van der Waals surface area (Å²) in [4.78, 5) is 39.8. The molecule has 0 radical (unpaired) electrons. The summed E-state index contributed by atoms with van der Waals surface area (Å²) >= 11 is 1.62. The van der Waals surface area contributed by atoms with E-state index in [9.17, 15) is 14.4 Å². The van der Waals surface area contributed by atoms with Gasteiger partial charge in [-0.1, -0.05) is 43.2 Å². The van der Waals surface area contributed by atoms with Gasteiger partial charge in [0.05, 0.1) is 11.8 Å². The summed E-state index contributed by atoms with van der Waals surface area (Å²) in [6, 6.07) is 8.96. The minimum absolute atomic E-state index is 0.138. The second-order valence-electron chi connectivity index (χ2n) is 7.04. The van der Waals surface area contributed by atoms with Crippen LogP contribution in [0.5, 0.6) is 0 Å². The summed E-state index contributed by atoms with van der Waals surface area (Å²) in [6.45, 7) is 0.401. The molecule has 140 valence electrons. The predicted octanol–water partition coefficient (Wildman–Crippen LogP) is 2.60. The highest BCUT2D eigenvalue weighted by atomic mass is 32.2. The molecule has 5 nitrogen and oxygen atoms in total. The number of thioether (sulfide) groups is 1. The number of carbonyl (C=O) groups excluding carboxylic acids is 3. The molecule has 0 bridgehead atoms. The van der Waals surface area contributed by atoms with Crippen molar-refractivity contribution in [3.63, 3.8) is 0 Å². The van der Waals surface area contributed by atoms with Gasteiger partial charge in [0.1, 0.15) is 6.04 Å². The minimum atomic E-state index is -0.697. The molecule has 0 spiro atoms. The van der Waals surface area contributed by atoms with E-state index in [0.717, 1.165) is 37.0 Å². The molecule has 1 saturated carbocycles. The van der Waals surface area contributed by atoms with E-state index in [1.54, 1.807) is 11.8 Å². The Balaban J connectivity index is 1.73. The number of imide groups is 1. The molecule has 0 aromatic heterocycles. The van der Waals surface area contributed by atoms with Gasteiger partial charge in [0.2, 0.25) is 17.7 Å². The number of nitrogens with one attached hydrogen (secondary N) is 1. The quantitative estimate of drug-likeness (QED) is 0.745. The van der Waals surface area contributed by atoms with E-state index >= 15 is 0 Å². The third-order valence-corrected chi connectivity index (χ3v) is 6.04. The van der Waals surface area contributed by atoms with Crippen LogP contribution < -0.4 is 5.32 Å². The molecule has 1 aliphatic heterocycles. The van der Waals surface area contributed by atoms with Crippen LogP contribution >= 0.6 is 11.8 Å². The molecule has 26 heavy (non-hydrogen) atoms. The molecule has 2 fully saturated rings. The number of likely N-dealkylation sites (tertiary alicyclic amines) is 1. The van der Waals surface area contributed by atoms with Gasteiger partial charge in [0, 0.05) is 6.54 Å². The first-order chi connectivity index (χ1) is 12.6. The van der Waals surface area contributed by atoms with Crippen molar-refractivity contribution < 1.29 is 14.4 Å². The molecule has 1 N–H and O–H groups in total. The molecule has 3 rings (SSSR count). The molecular weight excluding hydrogens is 348 g/mol. The van der Waals surface area contributed by atoms with Crippen molar-refractivity contribution >= 4 is 29.5 Å². The maximum absolute atomic E-state index is 12.9. The largest absolute Gasteiger partial charge is 0.350 e. The molecule has 1 aliphatic carbocycles. The Labute approximate surface area is 158 Å². The normalized spacial score (nSPS) is 23.7. The second-order valence-corrected chi connectivity index (χ2v) is 8.03. The van der Waals surface area contributed by atoms with Crippen LogP contribution in [-0.4, -0.2) is 40.7 Å². The zero-order valence-corrected chi connectivity index (χ0v) is 16.0. The number of rotatable bonds is 7. The molecule has 1 aromatic carbocycles. The van der Waals surface area contributed by atoms with Crippen molar-refractivity contribution in [2.75, 3.05) is 12.0 Å². The topological polar surface area (TPSA) is 66.5 Å². The molecule has 3 atom stereocenters. The van der Waals surface area contributed by atoms with Crippen LogP contribution in [0.2, 0.25) is 0 Å². The number of hydrogen-bond acceptors (Lipinski definition) is 4. The van der Waals surface area contributed by atoms with Crippen LogP contribution in [0.15, 0.2) is 30.3 Å². The van der Waals surface area contributed by atoms with Gasteiger partial charge in [0.25, 0.3) is 0 Å². The highest BCUT2D eigenvalue weighted by molar-refractivity contribution is 7.98. The first kappa shape index (κ1) is 19.0. The number of nitrogens with zero attached hydrogens (tertiary/aromatic N) is 1. The van der Waals surface area contributed by atoms with Gasteiger partial charge in [-0.25, -0.2) is 0 Å². The van der Waals surface area contributed by atoms with Gasteiger partial charge in [-0.3, -0.25) is 19.3 Å². The van der Waals surface area contributed by atoms with E-state index in [4.69, 9.17) is 0 Å². The van der Waals surface area contributed by atoms with E-state index in [2.05, 4.69) is 5.32 Å². The Morgan fingerprint density at radius 2 is 1.77 bits per heavy atom. The SMILES string of the molecule is CSCC[C@@H](C(=O)NCc1ccccc1)N1C(=O)[C@H]2CCCC[C@H]2C1=O. The maximum atomic E-state index is 12.9. The number of carbonyl (C=O) groups is 3. The first-order valence-corrected chi connectivity index (χ1v) is 10.7. The predicted molar refractivity (Wildman–Crippen MR) is 102 cm³/mol. The third-order valence-electron chi connectivity index (χ3n) is 5.39. The Morgan fingerprint density at radius 1 is 1.15 bits per heavy atom. The van der Waals surface area contributed by atoms with Crippen LogP contribution in [0.25, 0.3) is 0 Å². The average Bonchev–Trinajstić information content (AvgIpc) is 2.93. The lowest BCUT2D eigenvalue weighted by atomic mass is 9.81. The summed E-state index contributed by atoms with van der Waals surface area (Å²) in [5.74, 6) is -0.204. The summed E-state index contributed by atoms with van der Waals surface area (Å²) in [5.41, 5.74) is 0.997. The monoisotopic (exact) mass is 374 g/mol. The molecular formula is C20H26N2O3S. The fourth-order valence-corrected chi connectivity index (χ4v) is 4.46. The molecule has 6 heteroatoms. The van der Waals surface area contributed by atoms with Crippen LogP contribution in [0.4, 0.5) is 0 Å². The molecule has 1 saturated heterocycles. The number of fused-ring (bicyclic) bond motifs is 1. The standard InChI is InChI=1S/C20H26N2O3S/c1-26-12-11-17(18(23)21-13-14-7-3-2-4-8-14)22-19(24)15-9-5-6-10-16(15)20(22)25/h2-4,7-8,15-17H,5-6,9-13H2,1H3,(H,21,23)/t15-,16+,17-/m0/s1. The van der Waals surface area contributed by atoms with Gasteiger partial charge in [-0.05, 0) is 36.8 Å². The summed E-state index contributed by atoms with van der Waals surface area (Å²) in [6.07, 6.45) is 5.98. The zero-order chi connectivity index (χ0) is 18.5. The average molecular weight is 375 g/mol. The van der Waals surface area contributed by atoms with Crippen LogP contribution in [0.1, 0.15) is 37.7 Å². The summed E-state index contributed by atoms with van der Waals surface area (Å²) < 4.78 is 0. The summed E-state index contributed by atoms with van der Waals surface area (Å²) in [5, 5.41) is 2.91. The highest BCUT2D eigenvalue weighted by Gasteiger charge is 2.51. The van der Waals surface area contributed by atoms with E-state index in [-0.39, 0.29) is 29.6 Å². The Bertz CT molecular complexity index is 640. The van der Waals surface area contributed by atoms with Crippen LogP contribution in [-0.2, 0) is 20.9 Å². The molecule has 2 aliphatic rings. The number of amides is 3. The van der Waals surface area contributed by atoms with Crippen LogP contribution in [0.3, 0.4) is 0 Å². The molecule has 1 heterocycles. The highest BCUT2D eigenvalue weighted by Crippen LogP contribution is 2.39. The smallest absolute Gasteiger partial charge is 0.243 e. The zero-order valence-electron chi connectivity index (χ0n) is 15.1. The van der Waals surface area contributed by atoms with Crippen molar-refractivity contribution in [2.45, 2.75) is 44.7 Å². The van der Waals surface area contributed by atoms with Crippen molar-refractivity contribution in [1.29, 1.82) is 0 Å². The fourth-order valence-electron chi connectivity index (χ4n) is 4.00. The van der Waals surface area contributed by atoms with Gasteiger partial charge in [-0.2, -0.15) is 11.8 Å². The van der Waals surface area contributed by atoms with Gasteiger partial charge >= 0.3 is 0 Å². The lowest BCUT2D eigenvalue weighted by molar-refractivity contribution is -0.148. The lowest BCUT2D eigenvalue weighted by Gasteiger charge is -2.26. The fraction of sp³-hybridized carbons (Fsp3) is 0.550. The Morgan fingerprint density at radius 3 is 2.35 bits per heavy atom. The maximum Gasteiger partial charge on any atom is 0.243 e. The van der Waals surface area contributed by atoms with E-state index < -0.39 is 6.04 Å². The van der Waals surface area contributed by atoms with Crippen molar-refractivity contribution in [3.8, 4) is 0 Å². The number of hydrogen-bond donors (Lipinski definition) is 1. The third kappa shape index (κ3) is 3.95. The van der Waals surface area contributed by atoms with Crippen molar-refractivity contribution in [1.82, 2.24) is 10.2 Å².